The molecule has 2 fully saturated rings. The molecule has 1 amide bonds. The van der Waals surface area contributed by atoms with Crippen LogP contribution in [-0.2, 0) is 0 Å². The molecule has 4 heteroatoms. The molecule has 0 bridgehead atoms. The van der Waals surface area contributed by atoms with Gasteiger partial charge in [0, 0.05) is 29.0 Å². The molecule has 1 N–H and O–H groups in total. The van der Waals surface area contributed by atoms with Crippen molar-refractivity contribution in [2.45, 2.75) is 18.9 Å². The smallest absolute Gasteiger partial charge is 0.253 e. The van der Waals surface area contributed by atoms with Crippen molar-refractivity contribution in [1.82, 2.24) is 4.90 Å². The SMILES string of the molecule is O=C(c1cccc(Br)c1)N1CC2CCC(O)C2C1. The van der Waals surface area contributed by atoms with E-state index in [1.165, 1.54) is 0 Å². The number of carbonyl (C=O) groups excluding carboxylic acids is 1. The molecule has 1 aliphatic heterocycles. The van der Waals surface area contributed by atoms with E-state index in [1.54, 1.807) is 0 Å². The molecule has 3 nitrogen and oxygen atoms in total. The van der Waals surface area contributed by atoms with Gasteiger partial charge in [0.15, 0.2) is 0 Å². The van der Waals surface area contributed by atoms with Crippen molar-refractivity contribution >= 4 is 21.8 Å². The van der Waals surface area contributed by atoms with Gasteiger partial charge in [-0.05, 0) is 37.0 Å². The molecule has 1 saturated carbocycles. The van der Waals surface area contributed by atoms with Crippen LogP contribution in [0, 0.1) is 11.8 Å². The Hall–Kier alpha value is -0.870. The van der Waals surface area contributed by atoms with Gasteiger partial charge < -0.3 is 10.0 Å². The van der Waals surface area contributed by atoms with Crippen molar-refractivity contribution in [2.24, 2.45) is 11.8 Å². The van der Waals surface area contributed by atoms with E-state index in [4.69, 9.17) is 0 Å². The van der Waals surface area contributed by atoms with Crippen LogP contribution in [-0.4, -0.2) is 35.1 Å². The summed E-state index contributed by atoms with van der Waals surface area (Å²) >= 11 is 3.39. The minimum absolute atomic E-state index is 0.0814. The third-order valence-electron chi connectivity index (χ3n) is 4.18. The lowest BCUT2D eigenvalue weighted by Crippen LogP contribution is -2.31. The van der Waals surface area contributed by atoms with Crippen LogP contribution in [0.25, 0.3) is 0 Å². The van der Waals surface area contributed by atoms with Crippen LogP contribution in [0.4, 0.5) is 0 Å². The Balaban J connectivity index is 1.75. The molecule has 1 aliphatic carbocycles. The minimum Gasteiger partial charge on any atom is -0.393 e. The first-order valence-electron chi connectivity index (χ1n) is 6.38. The second-order valence-electron chi connectivity index (χ2n) is 5.29. The second-order valence-corrected chi connectivity index (χ2v) is 6.20. The van der Waals surface area contributed by atoms with Gasteiger partial charge in [0.1, 0.15) is 0 Å². The highest BCUT2D eigenvalue weighted by atomic mass is 79.9. The largest absolute Gasteiger partial charge is 0.393 e. The Morgan fingerprint density at radius 3 is 2.89 bits per heavy atom. The highest BCUT2D eigenvalue weighted by Gasteiger charge is 2.43. The summed E-state index contributed by atoms with van der Waals surface area (Å²) in [4.78, 5) is 14.2. The van der Waals surface area contributed by atoms with Crippen molar-refractivity contribution < 1.29 is 9.90 Å². The zero-order valence-electron chi connectivity index (χ0n) is 10.1. The molecular weight excluding hydrogens is 294 g/mol. The average Bonchev–Trinajstić information content (AvgIpc) is 2.91. The normalized spacial score (nSPS) is 30.6. The number of aliphatic hydroxyl groups excluding tert-OH is 1. The van der Waals surface area contributed by atoms with Crippen molar-refractivity contribution in [2.75, 3.05) is 13.1 Å². The van der Waals surface area contributed by atoms with Crippen LogP contribution in [0.1, 0.15) is 23.2 Å². The van der Waals surface area contributed by atoms with E-state index in [2.05, 4.69) is 15.9 Å². The topological polar surface area (TPSA) is 40.5 Å². The third-order valence-corrected chi connectivity index (χ3v) is 4.67. The van der Waals surface area contributed by atoms with Gasteiger partial charge in [-0.25, -0.2) is 0 Å². The van der Waals surface area contributed by atoms with Crippen molar-refractivity contribution in [3.05, 3.63) is 34.3 Å². The Labute approximate surface area is 115 Å². The molecule has 0 radical (unpaired) electrons. The molecule has 3 atom stereocenters. The number of hydrogen-bond acceptors (Lipinski definition) is 2. The van der Waals surface area contributed by atoms with Crippen LogP contribution in [0.3, 0.4) is 0 Å². The van der Waals surface area contributed by atoms with Gasteiger partial charge >= 0.3 is 0 Å². The summed E-state index contributed by atoms with van der Waals surface area (Å²) in [5.74, 6) is 0.870. The van der Waals surface area contributed by atoms with Gasteiger partial charge in [-0.1, -0.05) is 22.0 Å². The maximum atomic E-state index is 12.4. The molecule has 1 aromatic rings. The Morgan fingerprint density at radius 2 is 2.17 bits per heavy atom. The highest BCUT2D eigenvalue weighted by molar-refractivity contribution is 9.10. The standard InChI is InChI=1S/C14H16BrNO2/c15-11-3-1-2-9(6-11)14(18)16-7-10-4-5-13(17)12(10)8-16/h1-3,6,10,12-13,17H,4-5,7-8H2. The summed E-state index contributed by atoms with van der Waals surface area (Å²) in [7, 11) is 0. The fourth-order valence-corrected chi connectivity index (χ4v) is 3.61. The molecule has 3 rings (SSSR count). The summed E-state index contributed by atoms with van der Waals surface area (Å²) in [6, 6.07) is 7.49. The van der Waals surface area contributed by atoms with E-state index in [9.17, 15) is 9.90 Å². The molecule has 96 valence electrons. The first-order valence-corrected chi connectivity index (χ1v) is 7.17. The number of carbonyl (C=O) groups is 1. The molecule has 18 heavy (non-hydrogen) atoms. The van der Waals surface area contributed by atoms with E-state index < -0.39 is 0 Å². The summed E-state index contributed by atoms with van der Waals surface area (Å²) < 4.78 is 0.924. The van der Waals surface area contributed by atoms with Gasteiger partial charge in [0.05, 0.1) is 6.10 Å². The number of nitrogens with zero attached hydrogens (tertiary/aromatic N) is 1. The number of aliphatic hydroxyl groups is 1. The highest BCUT2D eigenvalue weighted by Crippen LogP contribution is 2.38. The first-order chi connectivity index (χ1) is 8.65. The second kappa shape index (κ2) is 4.67. The predicted molar refractivity (Wildman–Crippen MR) is 72.3 cm³/mol. The van der Waals surface area contributed by atoms with Crippen LogP contribution < -0.4 is 0 Å². The summed E-state index contributed by atoms with van der Waals surface area (Å²) in [5, 5.41) is 9.87. The minimum atomic E-state index is -0.213. The van der Waals surface area contributed by atoms with E-state index >= 15 is 0 Å². The Bertz CT molecular complexity index is 477. The number of hydrogen-bond donors (Lipinski definition) is 1. The molecule has 0 aromatic heterocycles. The lowest BCUT2D eigenvalue weighted by atomic mass is 10.00. The molecular formula is C14H16BrNO2. The zero-order chi connectivity index (χ0) is 12.7. The average molecular weight is 310 g/mol. The summed E-state index contributed by atoms with van der Waals surface area (Å²) in [6.07, 6.45) is 1.73. The number of likely N-dealkylation sites (tertiary alicyclic amines) is 1. The van der Waals surface area contributed by atoms with Gasteiger partial charge in [-0.2, -0.15) is 0 Å². The van der Waals surface area contributed by atoms with Crippen LogP contribution in [0.2, 0.25) is 0 Å². The first kappa shape index (κ1) is 12.2. The fourth-order valence-electron chi connectivity index (χ4n) is 3.21. The molecule has 2 aliphatic rings. The number of amides is 1. The number of fused-ring (bicyclic) bond motifs is 1. The van der Waals surface area contributed by atoms with Crippen LogP contribution in [0.5, 0.6) is 0 Å². The Kier molecular flexibility index (Phi) is 3.16. The summed E-state index contributed by atoms with van der Waals surface area (Å²) in [6.45, 7) is 1.50. The summed E-state index contributed by atoms with van der Waals surface area (Å²) in [5.41, 5.74) is 0.721. The zero-order valence-corrected chi connectivity index (χ0v) is 11.6. The van der Waals surface area contributed by atoms with E-state index in [0.29, 0.717) is 18.4 Å². The van der Waals surface area contributed by atoms with Gasteiger partial charge in [-0.15, -0.1) is 0 Å². The molecule has 1 aromatic carbocycles. The Morgan fingerprint density at radius 1 is 1.33 bits per heavy atom. The maximum absolute atomic E-state index is 12.4. The fraction of sp³-hybridized carbons (Fsp3) is 0.500. The van der Waals surface area contributed by atoms with Crippen molar-refractivity contribution in [1.29, 1.82) is 0 Å². The van der Waals surface area contributed by atoms with Crippen LogP contribution >= 0.6 is 15.9 Å². The lowest BCUT2D eigenvalue weighted by molar-refractivity contribution is 0.0752. The lowest BCUT2D eigenvalue weighted by Gasteiger charge is -2.18. The predicted octanol–water partition coefficient (Wildman–Crippen LogP) is 2.29. The van der Waals surface area contributed by atoms with Crippen molar-refractivity contribution in [3.63, 3.8) is 0 Å². The van der Waals surface area contributed by atoms with Gasteiger partial charge in [-0.3, -0.25) is 4.79 Å². The third kappa shape index (κ3) is 2.08. The van der Waals surface area contributed by atoms with Crippen LogP contribution in [0.15, 0.2) is 28.7 Å². The number of rotatable bonds is 1. The number of halogens is 1. The molecule has 1 heterocycles. The molecule has 3 unspecified atom stereocenters. The van der Waals surface area contributed by atoms with Gasteiger partial charge in [0.2, 0.25) is 0 Å². The quantitative estimate of drug-likeness (QED) is 0.864. The maximum Gasteiger partial charge on any atom is 0.253 e. The van der Waals surface area contributed by atoms with E-state index in [1.807, 2.05) is 29.2 Å². The van der Waals surface area contributed by atoms with Gasteiger partial charge in [0.25, 0.3) is 5.91 Å². The number of benzene rings is 1. The van der Waals surface area contributed by atoms with E-state index in [-0.39, 0.29) is 12.0 Å². The van der Waals surface area contributed by atoms with E-state index in [0.717, 1.165) is 29.4 Å². The molecule has 1 saturated heterocycles. The monoisotopic (exact) mass is 309 g/mol. The van der Waals surface area contributed by atoms with Crippen molar-refractivity contribution in [3.8, 4) is 0 Å². The molecule has 0 spiro atoms.